The van der Waals surface area contributed by atoms with Crippen LogP contribution in [0.5, 0.6) is 0 Å². The van der Waals surface area contributed by atoms with E-state index in [2.05, 4.69) is 15.0 Å². The monoisotopic (exact) mass is 280 g/mol. The molecule has 1 aromatic rings. The SMILES string of the molecule is COC(=O)c1cc(NC(C)(C)C(C)(C)C(=O)O)ccn1. The van der Waals surface area contributed by atoms with Crippen molar-refractivity contribution >= 4 is 17.6 Å². The van der Waals surface area contributed by atoms with Gasteiger partial charge in [-0.15, -0.1) is 0 Å². The van der Waals surface area contributed by atoms with Crippen LogP contribution >= 0.6 is 0 Å². The Labute approximate surface area is 118 Å². The highest BCUT2D eigenvalue weighted by Crippen LogP contribution is 2.33. The highest BCUT2D eigenvalue weighted by atomic mass is 16.5. The fourth-order valence-corrected chi connectivity index (χ4v) is 1.51. The van der Waals surface area contributed by atoms with E-state index in [1.165, 1.54) is 19.4 Å². The maximum Gasteiger partial charge on any atom is 0.356 e. The van der Waals surface area contributed by atoms with Crippen molar-refractivity contribution in [3.8, 4) is 0 Å². The lowest BCUT2D eigenvalue weighted by atomic mass is 9.74. The molecule has 0 unspecified atom stereocenters. The summed E-state index contributed by atoms with van der Waals surface area (Å²) in [6, 6.07) is 3.21. The number of nitrogens with zero attached hydrogens (tertiary/aromatic N) is 1. The molecular weight excluding hydrogens is 260 g/mol. The maximum atomic E-state index is 11.4. The molecule has 0 bridgehead atoms. The number of rotatable bonds is 5. The van der Waals surface area contributed by atoms with Crippen molar-refractivity contribution in [2.24, 2.45) is 5.41 Å². The second kappa shape index (κ2) is 5.48. The predicted molar refractivity (Wildman–Crippen MR) is 74.7 cm³/mol. The van der Waals surface area contributed by atoms with Crippen molar-refractivity contribution in [2.45, 2.75) is 33.2 Å². The number of carbonyl (C=O) groups excluding carboxylic acids is 1. The second-order valence-electron chi connectivity index (χ2n) is 5.60. The molecule has 0 amide bonds. The number of esters is 1. The van der Waals surface area contributed by atoms with Crippen LogP contribution < -0.4 is 5.32 Å². The first-order chi connectivity index (χ1) is 9.11. The summed E-state index contributed by atoms with van der Waals surface area (Å²) in [6.07, 6.45) is 1.47. The number of hydrogen-bond acceptors (Lipinski definition) is 5. The van der Waals surface area contributed by atoms with Gasteiger partial charge in [0.05, 0.1) is 12.5 Å². The predicted octanol–water partition coefficient (Wildman–Crippen LogP) is 2.17. The standard InChI is InChI=1S/C14H20N2O4/c1-13(2,12(18)19)14(3,4)16-9-6-7-15-10(8-9)11(17)20-5/h6-8H,1-5H3,(H,15,16)(H,18,19). The Balaban J connectivity index is 3.04. The van der Waals surface area contributed by atoms with E-state index in [-0.39, 0.29) is 5.69 Å². The first-order valence-corrected chi connectivity index (χ1v) is 6.18. The Hall–Kier alpha value is -2.11. The van der Waals surface area contributed by atoms with E-state index in [0.717, 1.165) is 0 Å². The van der Waals surface area contributed by atoms with Gasteiger partial charge in [0.25, 0.3) is 0 Å². The van der Waals surface area contributed by atoms with Gasteiger partial charge in [-0.25, -0.2) is 9.78 Å². The van der Waals surface area contributed by atoms with Crippen LogP contribution in [-0.4, -0.2) is 34.7 Å². The van der Waals surface area contributed by atoms with E-state index in [0.29, 0.717) is 5.69 Å². The highest BCUT2D eigenvalue weighted by Gasteiger charge is 2.43. The number of aliphatic carboxylic acids is 1. The van der Waals surface area contributed by atoms with Crippen LogP contribution in [0.3, 0.4) is 0 Å². The minimum absolute atomic E-state index is 0.168. The molecule has 6 heteroatoms. The van der Waals surface area contributed by atoms with E-state index >= 15 is 0 Å². The summed E-state index contributed by atoms with van der Waals surface area (Å²) < 4.78 is 4.60. The van der Waals surface area contributed by atoms with Gasteiger partial charge >= 0.3 is 11.9 Å². The molecule has 2 N–H and O–H groups in total. The van der Waals surface area contributed by atoms with E-state index in [1.807, 2.05) is 0 Å². The maximum absolute atomic E-state index is 11.4. The minimum Gasteiger partial charge on any atom is -0.481 e. The Bertz CT molecular complexity index is 524. The summed E-state index contributed by atoms with van der Waals surface area (Å²) >= 11 is 0. The van der Waals surface area contributed by atoms with Gasteiger partial charge < -0.3 is 15.2 Å². The molecule has 0 aromatic carbocycles. The average molecular weight is 280 g/mol. The lowest BCUT2D eigenvalue weighted by molar-refractivity contribution is -0.149. The first kappa shape index (κ1) is 15.9. The molecule has 0 aliphatic carbocycles. The molecule has 0 fully saturated rings. The number of ether oxygens (including phenoxy) is 1. The molecule has 1 aromatic heterocycles. The third-order valence-corrected chi connectivity index (χ3v) is 3.71. The van der Waals surface area contributed by atoms with Crippen LogP contribution in [0.25, 0.3) is 0 Å². The highest BCUT2D eigenvalue weighted by molar-refractivity contribution is 5.88. The Morgan fingerprint density at radius 3 is 2.40 bits per heavy atom. The number of hydrogen-bond donors (Lipinski definition) is 2. The molecule has 0 spiro atoms. The van der Waals surface area contributed by atoms with Crippen molar-refractivity contribution in [3.05, 3.63) is 24.0 Å². The van der Waals surface area contributed by atoms with Crippen LogP contribution in [0.1, 0.15) is 38.2 Å². The Morgan fingerprint density at radius 2 is 1.90 bits per heavy atom. The molecule has 0 radical (unpaired) electrons. The van der Waals surface area contributed by atoms with E-state index in [1.54, 1.807) is 33.8 Å². The van der Waals surface area contributed by atoms with Crippen molar-refractivity contribution in [1.29, 1.82) is 0 Å². The molecule has 1 heterocycles. The van der Waals surface area contributed by atoms with Crippen molar-refractivity contribution in [2.75, 3.05) is 12.4 Å². The molecular formula is C14H20N2O4. The summed E-state index contributed by atoms with van der Waals surface area (Å²) in [5, 5.41) is 12.4. The van der Waals surface area contributed by atoms with Gasteiger partial charge in [0.2, 0.25) is 0 Å². The van der Waals surface area contributed by atoms with E-state index < -0.39 is 22.9 Å². The van der Waals surface area contributed by atoms with Gasteiger partial charge in [-0.2, -0.15) is 0 Å². The van der Waals surface area contributed by atoms with Crippen molar-refractivity contribution in [3.63, 3.8) is 0 Å². The van der Waals surface area contributed by atoms with Crippen LogP contribution in [0, 0.1) is 5.41 Å². The van der Waals surface area contributed by atoms with Crippen LogP contribution in [0.2, 0.25) is 0 Å². The van der Waals surface area contributed by atoms with Gasteiger partial charge in [-0.3, -0.25) is 4.79 Å². The summed E-state index contributed by atoms with van der Waals surface area (Å²) in [5.41, 5.74) is -0.948. The molecule has 0 aliphatic rings. The topological polar surface area (TPSA) is 88.5 Å². The summed E-state index contributed by atoms with van der Waals surface area (Å²) in [6.45, 7) is 6.87. The van der Waals surface area contributed by atoms with Crippen molar-refractivity contribution in [1.82, 2.24) is 4.98 Å². The Morgan fingerprint density at radius 1 is 1.30 bits per heavy atom. The molecule has 1 rings (SSSR count). The van der Waals surface area contributed by atoms with Gasteiger partial charge in [0.1, 0.15) is 5.69 Å². The smallest absolute Gasteiger partial charge is 0.356 e. The third kappa shape index (κ3) is 3.07. The van der Waals surface area contributed by atoms with Gasteiger partial charge in [-0.1, -0.05) is 0 Å². The number of pyridine rings is 1. The fraction of sp³-hybridized carbons (Fsp3) is 0.500. The van der Waals surface area contributed by atoms with E-state index in [4.69, 9.17) is 0 Å². The molecule has 110 valence electrons. The normalized spacial score (nSPS) is 11.8. The van der Waals surface area contributed by atoms with E-state index in [9.17, 15) is 14.7 Å². The molecule has 0 atom stereocenters. The van der Waals surface area contributed by atoms with Crippen LogP contribution in [0.15, 0.2) is 18.3 Å². The quantitative estimate of drug-likeness (QED) is 0.804. The first-order valence-electron chi connectivity index (χ1n) is 6.18. The number of nitrogens with one attached hydrogen (secondary N) is 1. The molecule has 0 saturated heterocycles. The minimum atomic E-state index is -0.998. The number of anilines is 1. The third-order valence-electron chi connectivity index (χ3n) is 3.71. The summed E-state index contributed by atoms with van der Waals surface area (Å²) in [7, 11) is 1.28. The van der Waals surface area contributed by atoms with Crippen LogP contribution in [-0.2, 0) is 9.53 Å². The summed E-state index contributed by atoms with van der Waals surface area (Å²) in [4.78, 5) is 26.7. The largest absolute Gasteiger partial charge is 0.481 e. The lowest BCUT2D eigenvalue weighted by Crippen LogP contribution is -2.50. The van der Waals surface area contributed by atoms with Gasteiger partial charge in [-0.05, 0) is 39.8 Å². The number of carboxylic acids is 1. The number of carbonyl (C=O) groups is 2. The van der Waals surface area contributed by atoms with Gasteiger partial charge in [0, 0.05) is 17.4 Å². The fourth-order valence-electron chi connectivity index (χ4n) is 1.51. The Kier molecular flexibility index (Phi) is 4.37. The van der Waals surface area contributed by atoms with Gasteiger partial charge in [0.15, 0.2) is 0 Å². The molecule has 6 nitrogen and oxygen atoms in total. The average Bonchev–Trinajstić information content (AvgIpc) is 2.37. The zero-order valence-corrected chi connectivity index (χ0v) is 12.4. The zero-order chi connectivity index (χ0) is 15.6. The lowest BCUT2D eigenvalue weighted by Gasteiger charge is -2.39. The molecule has 20 heavy (non-hydrogen) atoms. The molecule has 0 aliphatic heterocycles. The number of methoxy groups -OCH3 is 1. The number of carboxylic acid groups (broad SMARTS) is 1. The summed E-state index contributed by atoms with van der Waals surface area (Å²) in [5.74, 6) is -1.44. The second-order valence-corrected chi connectivity index (χ2v) is 5.60. The zero-order valence-electron chi connectivity index (χ0n) is 12.4. The van der Waals surface area contributed by atoms with Crippen molar-refractivity contribution < 1.29 is 19.4 Å². The van der Waals surface area contributed by atoms with Crippen LogP contribution in [0.4, 0.5) is 5.69 Å². The molecule has 0 saturated carbocycles. The number of aromatic nitrogens is 1.